The maximum atomic E-state index is 12.0. The van der Waals surface area contributed by atoms with Crippen LogP contribution in [0.2, 0.25) is 0 Å². The van der Waals surface area contributed by atoms with E-state index in [4.69, 9.17) is 0 Å². The summed E-state index contributed by atoms with van der Waals surface area (Å²) >= 11 is 1.67. The van der Waals surface area contributed by atoms with Gasteiger partial charge in [-0.05, 0) is 22.6 Å². The Morgan fingerprint density at radius 2 is 2.13 bits per heavy atom. The van der Waals surface area contributed by atoms with Crippen LogP contribution >= 0.6 is 22.6 Å². The average molecular weight is 329 g/mol. The minimum absolute atomic E-state index is 0.137. The first-order valence-electron chi connectivity index (χ1n) is 3.71. The average Bonchev–Trinajstić information content (AvgIpc) is 2.41. The van der Waals surface area contributed by atoms with Crippen LogP contribution < -0.4 is 4.74 Å². The van der Waals surface area contributed by atoms with Gasteiger partial charge in [-0.25, -0.2) is 4.98 Å². The van der Waals surface area contributed by atoms with Crippen LogP contribution in [0.25, 0.3) is 5.65 Å². The first kappa shape index (κ1) is 10.5. The Labute approximate surface area is 95.2 Å². The van der Waals surface area contributed by atoms with Crippen molar-refractivity contribution in [2.75, 3.05) is 0 Å². The van der Waals surface area contributed by atoms with Gasteiger partial charge in [0.15, 0.2) is 9.35 Å². The van der Waals surface area contributed by atoms with Gasteiger partial charge >= 0.3 is 6.36 Å². The van der Waals surface area contributed by atoms with Crippen LogP contribution in [0.4, 0.5) is 13.2 Å². The molecule has 4 nitrogen and oxygen atoms in total. The number of hydrogen-bond donors (Lipinski definition) is 0. The van der Waals surface area contributed by atoms with Crippen LogP contribution in [0.15, 0.2) is 18.6 Å². The highest BCUT2D eigenvalue weighted by Crippen LogP contribution is 2.27. The summed E-state index contributed by atoms with van der Waals surface area (Å²) in [6.45, 7) is 0. The van der Waals surface area contributed by atoms with E-state index in [0.29, 0.717) is 5.65 Å². The summed E-state index contributed by atoms with van der Waals surface area (Å²) < 4.78 is 41.3. The summed E-state index contributed by atoms with van der Waals surface area (Å²) in [5.74, 6) is -0.347. The van der Waals surface area contributed by atoms with Gasteiger partial charge in [0.1, 0.15) is 0 Å². The second kappa shape index (κ2) is 3.51. The molecule has 0 unspecified atom stereocenters. The molecule has 0 saturated carbocycles. The number of imidazole rings is 1. The molecule has 2 aromatic heterocycles. The second-order valence-electron chi connectivity index (χ2n) is 2.56. The van der Waals surface area contributed by atoms with E-state index in [9.17, 15) is 13.2 Å². The Balaban J connectivity index is 2.54. The molecule has 8 heteroatoms. The molecule has 2 rings (SSSR count). The van der Waals surface area contributed by atoms with Crippen LogP contribution in [-0.2, 0) is 0 Å². The fraction of sp³-hybridized carbons (Fsp3) is 0.143. The van der Waals surface area contributed by atoms with E-state index in [2.05, 4.69) is 14.7 Å². The minimum atomic E-state index is -4.72. The van der Waals surface area contributed by atoms with Gasteiger partial charge in [0.25, 0.3) is 0 Å². The molecule has 0 N–H and O–H groups in total. The van der Waals surface area contributed by atoms with Gasteiger partial charge in [0, 0.05) is 12.4 Å². The normalized spacial score (nSPS) is 12.0. The van der Waals surface area contributed by atoms with Crippen molar-refractivity contribution in [2.45, 2.75) is 6.36 Å². The first-order valence-corrected chi connectivity index (χ1v) is 4.78. The standard InChI is InChI=1S/C7H3F3IN3O/c8-7(9,10)15-6-5(11)13-4-3-12-1-2-14(4)6/h1-3H. The lowest BCUT2D eigenvalue weighted by atomic mass is 10.7. The van der Waals surface area contributed by atoms with Crippen LogP contribution in [0.1, 0.15) is 0 Å². The zero-order valence-corrected chi connectivity index (χ0v) is 9.15. The van der Waals surface area contributed by atoms with Crippen molar-refractivity contribution in [3.63, 3.8) is 0 Å². The zero-order chi connectivity index (χ0) is 11.1. The molecule has 0 fully saturated rings. The predicted octanol–water partition coefficient (Wildman–Crippen LogP) is 2.23. The summed E-state index contributed by atoms with van der Waals surface area (Å²) in [6, 6.07) is 0. The van der Waals surface area contributed by atoms with E-state index in [1.807, 2.05) is 0 Å². The molecule has 0 aliphatic heterocycles. The van der Waals surface area contributed by atoms with E-state index in [1.165, 1.54) is 23.0 Å². The molecule has 0 aliphatic carbocycles. The van der Waals surface area contributed by atoms with Gasteiger partial charge in [0.2, 0.25) is 5.88 Å². The second-order valence-corrected chi connectivity index (χ2v) is 3.58. The fourth-order valence-electron chi connectivity index (χ4n) is 1.06. The lowest BCUT2D eigenvalue weighted by molar-refractivity contribution is -0.276. The molecule has 0 amide bonds. The molecule has 0 atom stereocenters. The van der Waals surface area contributed by atoms with E-state index < -0.39 is 6.36 Å². The maximum absolute atomic E-state index is 12.0. The molecule has 80 valence electrons. The van der Waals surface area contributed by atoms with E-state index in [1.54, 1.807) is 22.6 Å². The molecule has 15 heavy (non-hydrogen) atoms. The molecule has 0 aliphatic rings. The van der Waals surface area contributed by atoms with Crippen LogP contribution in [0.5, 0.6) is 5.88 Å². The van der Waals surface area contributed by atoms with Crippen molar-refractivity contribution in [2.24, 2.45) is 0 Å². The predicted molar refractivity (Wildman–Crippen MR) is 52.4 cm³/mol. The smallest absolute Gasteiger partial charge is 0.386 e. The van der Waals surface area contributed by atoms with Crippen molar-refractivity contribution in [1.82, 2.24) is 14.4 Å². The van der Waals surface area contributed by atoms with Crippen molar-refractivity contribution in [3.8, 4) is 5.88 Å². The van der Waals surface area contributed by atoms with Gasteiger partial charge in [-0.15, -0.1) is 13.2 Å². The minimum Gasteiger partial charge on any atom is -0.386 e. The number of alkyl halides is 3. The van der Waals surface area contributed by atoms with Crippen molar-refractivity contribution < 1.29 is 17.9 Å². The van der Waals surface area contributed by atoms with E-state index in [-0.39, 0.29) is 9.58 Å². The highest BCUT2D eigenvalue weighted by molar-refractivity contribution is 14.1. The number of hydrogen-bond acceptors (Lipinski definition) is 3. The Morgan fingerprint density at radius 1 is 1.40 bits per heavy atom. The lowest BCUT2D eigenvalue weighted by Crippen LogP contribution is -2.18. The summed E-state index contributed by atoms with van der Waals surface area (Å²) in [4.78, 5) is 7.60. The molecule has 0 radical (unpaired) electrons. The lowest BCUT2D eigenvalue weighted by Gasteiger charge is -2.07. The highest BCUT2D eigenvalue weighted by atomic mass is 127. The third-order valence-electron chi connectivity index (χ3n) is 1.56. The van der Waals surface area contributed by atoms with E-state index in [0.717, 1.165) is 0 Å². The summed E-state index contributed by atoms with van der Waals surface area (Å²) in [7, 11) is 0. The summed E-state index contributed by atoms with van der Waals surface area (Å²) in [6.07, 6.45) is -0.663. The highest BCUT2D eigenvalue weighted by Gasteiger charge is 2.33. The molecule has 0 saturated heterocycles. The zero-order valence-electron chi connectivity index (χ0n) is 6.99. The van der Waals surface area contributed by atoms with E-state index >= 15 is 0 Å². The SMILES string of the molecule is FC(F)(F)Oc1c(I)nc2cnccn12. The number of ether oxygens (including phenoxy) is 1. The van der Waals surface area contributed by atoms with Gasteiger partial charge in [0.05, 0.1) is 6.20 Å². The Hall–Kier alpha value is -1.06. The fourth-order valence-corrected chi connectivity index (χ4v) is 1.67. The van der Waals surface area contributed by atoms with Gasteiger partial charge in [-0.3, -0.25) is 9.38 Å². The first-order chi connectivity index (χ1) is 6.97. The van der Waals surface area contributed by atoms with Crippen molar-refractivity contribution >= 4 is 28.2 Å². The molecule has 2 heterocycles. The van der Waals surface area contributed by atoms with Gasteiger partial charge in [-0.2, -0.15) is 0 Å². The van der Waals surface area contributed by atoms with Crippen molar-refractivity contribution in [3.05, 3.63) is 22.3 Å². The van der Waals surface area contributed by atoms with Crippen molar-refractivity contribution in [1.29, 1.82) is 0 Å². The van der Waals surface area contributed by atoms with Crippen LogP contribution in [-0.4, -0.2) is 20.7 Å². The van der Waals surface area contributed by atoms with Gasteiger partial charge in [-0.1, -0.05) is 0 Å². The maximum Gasteiger partial charge on any atom is 0.574 e. The quantitative estimate of drug-likeness (QED) is 0.754. The Kier molecular flexibility index (Phi) is 2.44. The monoisotopic (exact) mass is 329 g/mol. The third kappa shape index (κ3) is 2.13. The Bertz CT molecular complexity index is 496. The molecule has 0 aromatic carbocycles. The molecule has 0 bridgehead atoms. The molecule has 0 spiro atoms. The van der Waals surface area contributed by atoms with Crippen LogP contribution in [0, 0.1) is 3.70 Å². The summed E-state index contributed by atoms with van der Waals surface area (Å²) in [5, 5.41) is 0. The summed E-state index contributed by atoms with van der Waals surface area (Å²) in [5.41, 5.74) is 0.307. The Morgan fingerprint density at radius 3 is 2.80 bits per heavy atom. The molecular weight excluding hydrogens is 326 g/mol. The topological polar surface area (TPSA) is 39.4 Å². The molecular formula is C7H3F3IN3O. The van der Waals surface area contributed by atoms with Crippen LogP contribution in [0.3, 0.4) is 0 Å². The number of rotatable bonds is 1. The number of aromatic nitrogens is 3. The number of nitrogens with zero attached hydrogens (tertiary/aromatic N) is 3. The number of halogens is 4. The third-order valence-corrected chi connectivity index (χ3v) is 2.26. The molecule has 2 aromatic rings. The largest absolute Gasteiger partial charge is 0.574 e. The number of fused-ring (bicyclic) bond motifs is 1. The van der Waals surface area contributed by atoms with Gasteiger partial charge < -0.3 is 4.74 Å².